The summed E-state index contributed by atoms with van der Waals surface area (Å²) in [6.07, 6.45) is 1.67. The van der Waals surface area contributed by atoms with Crippen molar-refractivity contribution < 1.29 is 27.1 Å². The van der Waals surface area contributed by atoms with E-state index in [-0.39, 0.29) is 5.56 Å². The molecular formula is C20H20F4N2O2. The van der Waals surface area contributed by atoms with Crippen molar-refractivity contribution in [3.05, 3.63) is 63.7 Å². The third kappa shape index (κ3) is 4.49. The molecule has 2 aromatic rings. The molecule has 0 unspecified atom stereocenters. The molecule has 0 N–H and O–H groups in total. The molecule has 2 aromatic carbocycles. The first kappa shape index (κ1) is 21.4. The molecule has 0 saturated heterocycles. The molecule has 0 bridgehead atoms. The minimum absolute atomic E-state index is 0.212. The van der Waals surface area contributed by atoms with E-state index < -0.39 is 41.4 Å². The third-order valence-electron chi connectivity index (χ3n) is 4.41. The first-order valence-corrected chi connectivity index (χ1v) is 8.50. The minimum atomic E-state index is -1.95. The van der Waals surface area contributed by atoms with Crippen molar-refractivity contribution in [2.75, 3.05) is 13.6 Å². The zero-order valence-corrected chi connectivity index (χ0v) is 15.9. The smallest absolute Gasteiger partial charge is 0.338 e. The third-order valence-corrected chi connectivity index (χ3v) is 4.41. The van der Waals surface area contributed by atoms with Crippen molar-refractivity contribution in [1.29, 1.82) is 0 Å². The highest BCUT2D eigenvalue weighted by Gasteiger charge is 2.21. The largest absolute Gasteiger partial charge is 0.457 e. The molecule has 0 saturated carbocycles. The quantitative estimate of drug-likeness (QED) is 0.175. The molecule has 0 spiro atoms. The number of nitrogens with zero attached hydrogens (tertiary/aromatic N) is 2. The molecule has 8 heteroatoms. The van der Waals surface area contributed by atoms with Gasteiger partial charge in [-0.05, 0) is 50.1 Å². The van der Waals surface area contributed by atoms with Gasteiger partial charge in [0.2, 0.25) is 0 Å². The normalized spacial score (nSPS) is 11.1. The van der Waals surface area contributed by atoms with Crippen LogP contribution in [0, 0.1) is 37.1 Å². The van der Waals surface area contributed by atoms with Crippen LogP contribution in [-0.4, -0.2) is 30.8 Å². The fourth-order valence-corrected chi connectivity index (χ4v) is 2.36. The van der Waals surface area contributed by atoms with Gasteiger partial charge in [-0.2, -0.15) is 0 Å². The van der Waals surface area contributed by atoms with Crippen molar-refractivity contribution >= 4 is 18.0 Å². The first-order valence-electron chi connectivity index (χ1n) is 8.50. The number of aliphatic imine (C=N–C) groups is 1. The highest BCUT2D eigenvalue weighted by atomic mass is 19.2. The summed E-state index contributed by atoms with van der Waals surface area (Å²) < 4.78 is 58.1. The Bertz CT molecular complexity index is 929. The van der Waals surface area contributed by atoms with Gasteiger partial charge in [-0.15, -0.1) is 0 Å². The van der Waals surface area contributed by atoms with Gasteiger partial charge in [0.15, 0.2) is 23.3 Å². The van der Waals surface area contributed by atoms with Gasteiger partial charge >= 0.3 is 5.97 Å². The summed E-state index contributed by atoms with van der Waals surface area (Å²) in [5.74, 6) is -7.81. The van der Waals surface area contributed by atoms with Crippen LogP contribution in [-0.2, 0) is 11.3 Å². The van der Waals surface area contributed by atoms with Crippen LogP contribution in [0.1, 0.15) is 34.0 Å². The van der Waals surface area contributed by atoms with Gasteiger partial charge in [-0.1, -0.05) is 0 Å². The molecule has 150 valence electrons. The first-order chi connectivity index (χ1) is 13.2. The SMILES string of the molecule is CCN(C)C=Nc1ccc(C(=O)OCc2cc(F)c(F)c(F)c2F)c(C)c1C. The van der Waals surface area contributed by atoms with Gasteiger partial charge in [0.25, 0.3) is 0 Å². The molecule has 0 atom stereocenters. The van der Waals surface area contributed by atoms with Crippen molar-refractivity contribution in [3.63, 3.8) is 0 Å². The lowest BCUT2D eigenvalue weighted by Gasteiger charge is -2.13. The van der Waals surface area contributed by atoms with Crippen LogP contribution in [0.5, 0.6) is 0 Å². The van der Waals surface area contributed by atoms with Crippen LogP contribution in [0.2, 0.25) is 0 Å². The average Bonchev–Trinajstić information content (AvgIpc) is 2.68. The van der Waals surface area contributed by atoms with Crippen LogP contribution in [0.4, 0.5) is 23.2 Å². The second kappa shape index (κ2) is 8.86. The van der Waals surface area contributed by atoms with Crippen molar-refractivity contribution in [2.45, 2.75) is 27.4 Å². The Hall–Kier alpha value is -2.90. The van der Waals surface area contributed by atoms with Gasteiger partial charge in [-0.3, -0.25) is 0 Å². The number of benzene rings is 2. The maximum Gasteiger partial charge on any atom is 0.338 e. The molecule has 28 heavy (non-hydrogen) atoms. The maximum absolute atomic E-state index is 13.7. The zero-order chi connectivity index (χ0) is 21.0. The molecule has 0 aliphatic rings. The van der Waals surface area contributed by atoms with E-state index in [1.54, 1.807) is 26.3 Å². The highest BCUT2D eigenvalue weighted by molar-refractivity contribution is 5.92. The summed E-state index contributed by atoms with van der Waals surface area (Å²) >= 11 is 0. The zero-order valence-electron chi connectivity index (χ0n) is 15.9. The summed E-state index contributed by atoms with van der Waals surface area (Å²) in [4.78, 5) is 18.5. The van der Waals surface area contributed by atoms with Crippen LogP contribution in [0.3, 0.4) is 0 Å². The summed E-state index contributed by atoms with van der Waals surface area (Å²) in [5, 5.41) is 0. The molecular weight excluding hydrogens is 376 g/mol. The second-order valence-corrected chi connectivity index (χ2v) is 6.24. The number of rotatable bonds is 6. The maximum atomic E-state index is 13.7. The van der Waals surface area contributed by atoms with E-state index in [0.29, 0.717) is 17.3 Å². The molecule has 0 fully saturated rings. The fourth-order valence-electron chi connectivity index (χ4n) is 2.36. The number of carbonyl (C=O) groups excluding carboxylic acids is 1. The Kier molecular flexibility index (Phi) is 6.77. The van der Waals surface area contributed by atoms with Crippen molar-refractivity contribution in [1.82, 2.24) is 4.90 Å². The van der Waals surface area contributed by atoms with Crippen LogP contribution in [0.25, 0.3) is 0 Å². The molecule has 4 nitrogen and oxygen atoms in total. The predicted molar refractivity (Wildman–Crippen MR) is 97.8 cm³/mol. The van der Waals surface area contributed by atoms with Crippen LogP contribution < -0.4 is 0 Å². The second-order valence-electron chi connectivity index (χ2n) is 6.24. The topological polar surface area (TPSA) is 41.9 Å². The lowest BCUT2D eigenvalue weighted by Crippen LogP contribution is -2.14. The van der Waals surface area contributed by atoms with Gasteiger partial charge in [0, 0.05) is 19.2 Å². The van der Waals surface area contributed by atoms with E-state index in [9.17, 15) is 22.4 Å². The van der Waals surface area contributed by atoms with Gasteiger partial charge in [-0.25, -0.2) is 27.3 Å². The number of halogens is 4. The molecule has 0 aliphatic heterocycles. The number of carbonyl (C=O) groups is 1. The monoisotopic (exact) mass is 396 g/mol. The number of hydrogen-bond donors (Lipinski definition) is 0. The average molecular weight is 396 g/mol. The summed E-state index contributed by atoms with van der Waals surface area (Å²) in [6.45, 7) is 5.51. The molecule has 0 amide bonds. The van der Waals surface area contributed by atoms with E-state index in [4.69, 9.17) is 4.74 Å². The number of hydrogen-bond acceptors (Lipinski definition) is 3. The standard InChI is InChI=1S/C20H20F4N2O2/c1-5-26(4)10-25-16-7-6-14(11(2)12(16)3)20(27)28-9-13-8-15(21)18(23)19(24)17(13)22/h6-8,10H,5,9H2,1-4H3. The Balaban J connectivity index is 2.20. The Morgan fingerprint density at radius 1 is 1.11 bits per heavy atom. The molecule has 2 rings (SSSR count). The fraction of sp³-hybridized carbons (Fsp3) is 0.300. The molecule has 0 heterocycles. The van der Waals surface area contributed by atoms with E-state index in [2.05, 4.69) is 4.99 Å². The Labute approximate surface area is 160 Å². The Morgan fingerprint density at radius 3 is 2.43 bits per heavy atom. The van der Waals surface area contributed by atoms with Crippen LogP contribution in [0.15, 0.2) is 23.2 Å². The lowest BCUT2D eigenvalue weighted by molar-refractivity contribution is 0.0466. The van der Waals surface area contributed by atoms with Gasteiger partial charge in [0.1, 0.15) is 6.61 Å². The molecule has 0 aromatic heterocycles. The van der Waals surface area contributed by atoms with Crippen molar-refractivity contribution in [3.8, 4) is 0 Å². The van der Waals surface area contributed by atoms with E-state index >= 15 is 0 Å². The lowest BCUT2D eigenvalue weighted by atomic mass is 10.0. The van der Waals surface area contributed by atoms with E-state index in [0.717, 1.165) is 12.1 Å². The number of ether oxygens (including phenoxy) is 1. The van der Waals surface area contributed by atoms with E-state index in [1.807, 2.05) is 18.9 Å². The number of esters is 1. The molecule has 0 radical (unpaired) electrons. The summed E-state index contributed by atoms with van der Waals surface area (Å²) in [6, 6.07) is 3.60. The van der Waals surface area contributed by atoms with E-state index in [1.165, 1.54) is 6.07 Å². The van der Waals surface area contributed by atoms with Gasteiger partial charge < -0.3 is 9.64 Å². The summed E-state index contributed by atoms with van der Waals surface area (Å²) in [7, 11) is 1.87. The predicted octanol–water partition coefficient (Wildman–Crippen LogP) is 4.83. The van der Waals surface area contributed by atoms with Crippen molar-refractivity contribution in [2.24, 2.45) is 4.99 Å². The van der Waals surface area contributed by atoms with Crippen LogP contribution >= 0.6 is 0 Å². The van der Waals surface area contributed by atoms with Gasteiger partial charge in [0.05, 0.1) is 17.6 Å². The summed E-state index contributed by atoms with van der Waals surface area (Å²) in [5.41, 5.74) is 1.64. The minimum Gasteiger partial charge on any atom is -0.457 e. The Morgan fingerprint density at radius 2 is 1.79 bits per heavy atom. The highest BCUT2D eigenvalue weighted by Crippen LogP contribution is 2.26. The molecule has 0 aliphatic carbocycles.